The molecule has 0 radical (unpaired) electrons. The molecular formula is C24H28ClN5O4. The van der Waals surface area contributed by atoms with E-state index in [1.807, 2.05) is 36.4 Å². The highest BCUT2D eigenvalue weighted by Gasteiger charge is 2.23. The number of aryl methyl sites for hydroxylation is 2. The SMILES string of the molecule is COC(=O)C(CN)NC(=O)c1c(C)nc(NCc2ccccc2-c2ccccc2O)nc1C.Cl. The van der Waals surface area contributed by atoms with Gasteiger partial charge in [0.2, 0.25) is 5.95 Å². The number of para-hydroxylation sites is 1. The summed E-state index contributed by atoms with van der Waals surface area (Å²) in [5.74, 6) is -0.561. The molecule has 1 amide bonds. The second-order valence-corrected chi connectivity index (χ2v) is 7.41. The van der Waals surface area contributed by atoms with Crippen molar-refractivity contribution in [1.29, 1.82) is 0 Å². The number of rotatable bonds is 8. The number of carbonyl (C=O) groups excluding carboxylic acids is 2. The van der Waals surface area contributed by atoms with Gasteiger partial charge in [-0.3, -0.25) is 4.79 Å². The van der Waals surface area contributed by atoms with Crippen LogP contribution in [0.1, 0.15) is 27.3 Å². The van der Waals surface area contributed by atoms with Gasteiger partial charge in [0.15, 0.2) is 0 Å². The number of nitrogens with two attached hydrogens (primary N) is 1. The van der Waals surface area contributed by atoms with Crippen molar-refractivity contribution in [2.24, 2.45) is 5.73 Å². The molecule has 1 unspecified atom stereocenters. The van der Waals surface area contributed by atoms with E-state index in [-0.39, 0.29) is 30.3 Å². The number of methoxy groups -OCH3 is 1. The van der Waals surface area contributed by atoms with Crippen LogP contribution in [-0.4, -0.2) is 46.6 Å². The Labute approximate surface area is 204 Å². The number of ether oxygens (including phenoxy) is 1. The average molecular weight is 486 g/mol. The molecule has 0 aliphatic carbocycles. The number of phenols is 1. The van der Waals surface area contributed by atoms with Crippen molar-refractivity contribution >= 4 is 30.2 Å². The highest BCUT2D eigenvalue weighted by molar-refractivity contribution is 5.98. The molecular weight excluding hydrogens is 458 g/mol. The standard InChI is InChI=1S/C24H27N5O4.ClH/c1-14-21(22(31)29-19(12-25)23(32)33-3)15(2)28-24(27-14)26-13-16-8-4-5-9-17(16)18-10-6-7-11-20(18)30;/h4-11,19,30H,12-13,25H2,1-3H3,(H,29,31)(H,26,27,28);1H. The van der Waals surface area contributed by atoms with Crippen LogP contribution >= 0.6 is 12.4 Å². The number of carbonyl (C=O) groups is 2. The number of halogens is 1. The van der Waals surface area contributed by atoms with Gasteiger partial charge < -0.3 is 26.2 Å². The summed E-state index contributed by atoms with van der Waals surface area (Å²) >= 11 is 0. The van der Waals surface area contributed by atoms with E-state index in [1.165, 1.54) is 7.11 Å². The van der Waals surface area contributed by atoms with Crippen LogP contribution in [0.3, 0.4) is 0 Å². The highest BCUT2D eigenvalue weighted by Crippen LogP contribution is 2.31. The molecule has 0 saturated heterocycles. The lowest BCUT2D eigenvalue weighted by molar-refractivity contribution is -0.142. The molecule has 0 fully saturated rings. The zero-order chi connectivity index (χ0) is 24.0. The zero-order valence-electron chi connectivity index (χ0n) is 19.2. The fraction of sp³-hybridized carbons (Fsp3) is 0.250. The van der Waals surface area contributed by atoms with Crippen molar-refractivity contribution in [3.8, 4) is 16.9 Å². The molecule has 0 spiro atoms. The smallest absolute Gasteiger partial charge is 0.329 e. The normalized spacial score (nSPS) is 11.2. The van der Waals surface area contributed by atoms with Crippen LogP contribution in [0.15, 0.2) is 48.5 Å². The number of phenolic OH excluding ortho intramolecular Hbond substituents is 1. The van der Waals surface area contributed by atoms with Gasteiger partial charge in [-0.25, -0.2) is 14.8 Å². The molecule has 9 nitrogen and oxygen atoms in total. The molecule has 10 heteroatoms. The van der Waals surface area contributed by atoms with Crippen LogP contribution in [0, 0.1) is 13.8 Å². The maximum Gasteiger partial charge on any atom is 0.329 e. The number of anilines is 1. The maximum absolute atomic E-state index is 12.7. The topological polar surface area (TPSA) is 139 Å². The van der Waals surface area contributed by atoms with Gasteiger partial charge in [0, 0.05) is 18.7 Å². The Kier molecular flexibility index (Phi) is 9.35. The lowest BCUT2D eigenvalue weighted by Gasteiger charge is -2.17. The predicted molar refractivity (Wildman–Crippen MR) is 132 cm³/mol. The Morgan fingerprint density at radius 2 is 1.62 bits per heavy atom. The average Bonchev–Trinajstić information content (AvgIpc) is 2.81. The van der Waals surface area contributed by atoms with Crippen LogP contribution in [-0.2, 0) is 16.1 Å². The van der Waals surface area contributed by atoms with Gasteiger partial charge in [0.05, 0.1) is 24.1 Å². The van der Waals surface area contributed by atoms with Crippen molar-refractivity contribution in [3.63, 3.8) is 0 Å². The number of benzene rings is 2. The summed E-state index contributed by atoms with van der Waals surface area (Å²) in [6.07, 6.45) is 0. The van der Waals surface area contributed by atoms with Crippen molar-refractivity contribution in [1.82, 2.24) is 15.3 Å². The van der Waals surface area contributed by atoms with Gasteiger partial charge in [0.1, 0.15) is 11.8 Å². The molecule has 0 bridgehead atoms. The van der Waals surface area contributed by atoms with Crippen LogP contribution in [0.25, 0.3) is 11.1 Å². The number of hydrogen-bond acceptors (Lipinski definition) is 8. The predicted octanol–water partition coefficient (Wildman–Crippen LogP) is 2.73. The first-order valence-corrected chi connectivity index (χ1v) is 10.4. The summed E-state index contributed by atoms with van der Waals surface area (Å²) in [6.45, 7) is 3.71. The number of aromatic hydroxyl groups is 1. The number of nitrogens with zero attached hydrogens (tertiary/aromatic N) is 2. The summed E-state index contributed by atoms with van der Waals surface area (Å²) in [7, 11) is 1.23. The third-order valence-electron chi connectivity index (χ3n) is 5.17. The first kappa shape index (κ1) is 26.6. The van der Waals surface area contributed by atoms with Gasteiger partial charge in [-0.1, -0.05) is 42.5 Å². The lowest BCUT2D eigenvalue weighted by Crippen LogP contribution is -2.46. The van der Waals surface area contributed by atoms with E-state index in [1.54, 1.807) is 26.0 Å². The lowest BCUT2D eigenvalue weighted by atomic mass is 9.99. The number of aromatic nitrogens is 2. The summed E-state index contributed by atoms with van der Waals surface area (Å²) in [5.41, 5.74) is 9.32. The summed E-state index contributed by atoms with van der Waals surface area (Å²) in [5, 5.41) is 16.0. The third-order valence-corrected chi connectivity index (χ3v) is 5.17. The Balaban J connectivity index is 0.00000408. The van der Waals surface area contributed by atoms with E-state index < -0.39 is 17.9 Å². The quantitative estimate of drug-likeness (QED) is 0.357. The van der Waals surface area contributed by atoms with E-state index in [4.69, 9.17) is 5.73 Å². The van der Waals surface area contributed by atoms with Crippen molar-refractivity contribution < 1.29 is 19.4 Å². The third kappa shape index (κ3) is 6.00. The summed E-state index contributed by atoms with van der Waals surface area (Å²) in [6, 6.07) is 13.9. The molecule has 1 heterocycles. The van der Waals surface area contributed by atoms with Gasteiger partial charge in [-0.2, -0.15) is 0 Å². The van der Waals surface area contributed by atoms with Gasteiger partial charge >= 0.3 is 5.97 Å². The van der Waals surface area contributed by atoms with Crippen molar-refractivity contribution in [2.75, 3.05) is 19.0 Å². The first-order chi connectivity index (χ1) is 15.8. The Morgan fingerprint density at radius 1 is 1.03 bits per heavy atom. The molecule has 180 valence electrons. The van der Waals surface area contributed by atoms with Gasteiger partial charge in [0.25, 0.3) is 5.91 Å². The minimum Gasteiger partial charge on any atom is -0.507 e. The van der Waals surface area contributed by atoms with Crippen molar-refractivity contribution in [3.05, 3.63) is 71.0 Å². The van der Waals surface area contributed by atoms with E-state index in [0.29, 0.717) is 23.9 Å². The number of amides is 1. The van der Waals surface area contributed by atoms with Crippen LogP contribution < -0.4 is 16.4 Å². The molecule has 2 aromatic carbocycles. The fourth-order valence-corrected chi connectivity index (χ4v) is 3.52. The van der Waals surface area contributed by atoms with E-state index in [9.17, 15) is 14.7 Å². The Morgan fingerprint density at radius 3 is 2.21 bits per heavy atom. The fourth-order valence-electron chi connectivity index (χ4n) is 3.52. The van der Waals surface area contributed by atoms with Crippen LogP contribution in [0.5, 0.6) is 5.75 Å². The first-order valence-electron chi connectivity index (χ1n) is 10.4. The minimum absolute atomic E-state index is 0. The maximum atomic E-state index is 12.7. The molecule has 1 aromatic heterocycles. The Hall–Kier alpha value is -3.69. The van der Waals surface area contributed by atoms with Crippen LogP contribution in [0.4, 0.5) is 5.95 Å². The molecule has 0 aliphatic rings. The van der Waals surface area contributed by atoms with Crippen LogP contribution in [0.2, 0.25) is 0 Å². The summed E-state index contributed by atoms with van der Waals surface area (Å²) < 4.78 is 4.65. The highest BCUT2D eigenvalue weighted by atomic mass is 35.5. The molecule has 34 heavy (non-hydrogen) atoms. The molecule has 3 rings (SSSR count). The van der Waals surface area contributed by atoms with Gasteiger partial charge in [-0.15, -0.1) is 12.4 Å². The number of hydrogen-bond donors (Lipinski definition) is 4. The second-order valence-electron chi connectivity index (χ2n) is 7.41. The number of esters is 1. The Bertz CT molecular complexity index is 1150. The molecule has 0 saturated carbocycles. The monoisotopic (exact) mass is 485 g/mol. The summed E-state index contributed by atoms with van der Waals surface area (Å²) in [4.78, 5) is 33.2. The molecule has 0 aliphatic heterocycles. The molecule has 3 aromatic rings. The minimum atomic E-state index is -0.954. The van der Waals surface area contributed by atoms with Crippen molar-refractivity contribution in [2.45, 2.75) is 26.4 Å². The number of nitrogens with one attached hydrogen (secondary N) is 2. The largest absolute Gasteiger partial charge is 0.507 e. The zero-order valence-corrected chi connectivity index (χ0v) is 20.0. The molecule has 1 atom stereocenters. The van der Waals surface area contributed by atoms with E-state index in [2.05, 4.69) is 25.3 Å². The molecule has 5 N–H and O–H groups in total. The second kappa shape index (κ2) is 12.0. The van der Waals surface area contributed by atoms with Gasteiger partial charge in [-0.05, 0) is 31.0 Å². The van der Waals surface area contributed by atoms with E-state index >= 15 is 0 Å². The van der Waals surface area contributed by atoms with E-state index in [0.717, 1.165) is 16.7 Å².